The number of rotatable bonds is 4. The first-order valence-electron chi connectivity index (χ1n) is 7.98. The Bertz CT molecular complexity index is 588. The Hall–Kier alpha value is -1.89. The van der Waals surface area contributed by atoms with E-state index in [0.29, 0.717) is 0 Å². The van der Waals surface area contributed by atoms with Crippen LogP contribution in [0.5, 0.6) is 0 Å². The van der Waals surface area contributed by atoms with Crippen LogP contribution in [0, 0.1) is 19.8 Å². The van der Waals surface area contributed by atoms with E-state index in [2.05, 4.69) is 15.3 Å². The van der Waals surface area contributed by atoms with Crippen molar-refractivity contribution in [2.24, 2.45) is 13.0 Å². The smallest absolute Gasteiger partial charge is 0.308 e. The van der Waals surface area contributed by atoms with E-state index in [1.165, 1.54) is 7.11 Å². The van der Waals surface area contributed by atoms with E-state index in [-0.39, 0.29) is 23.8 Å². The van der Waals surface area contributed by atoms with Gasteiger partial charge in [0.05, 0.1) is 36.1 Å². The van der Waals surface area contributed by atoms with E-state index in [9.17, 15) is 9.59 Å². The first kappa shape index (κ1) is 17.5. The van der Waals surface area contributed by atoms with E-state index in [4.69, 9.17) is 4.74 Å². The zero-order chi connectivity index (χ0) is 17.1. The summed E-state index contributed by atoms with van der Waals surface area (Å²) >= 11 is 0. The number of nitrogens with zero attached hydrogens (tertiary/aromatic N) is 3. The molecule has 1 N–H and O–H groups in total. The molecule has 0 spiro atoms. The largest absolute Gasteiger partial charge is 0.469 e. The van der Waals surface area contributed by atoms with Crippen LogP contribution in [0.4, 0.5) is 5.69 Å². The molecule has 0 unspecified atom stereocenters. The Kier molecular flexibility index (Phi) is 5.41. The first-order valence-corrected chi connectivity index (χ1v) is 7.98. The van der Waals surface area contributed by atoms with Crippen molar-refractivity contribution < 1.29 is 14.3 Å². The molecule has 1 fully saturated rings. The van der Waals surface area contributed by atoms with Gasteiger partial charge in [0.25, 0.3) is 0 Å². The van der Waals surface area contributed by atoms with Gasteiger partial charge in [-0.25, -0.2) is 0 Å². The highest BCUT2D eigenvalue weighted by atomic mass is 16.5. The van der Waals surface area contributed by atoms with Gasteiger partial charge < -0.3 is 10.1 Å². The van der Waals surface area contributed by atoms with Gasteiger partial charge in [-0.3, -0.25) is 19.2 Å². The lowest BCUT2D eigenvalue weighted by Crippen LogP contribution is -2.47. The van der Waals surface area contributed by atoms with Crippen molar-refractivity contribution in [2.75, 3.05) is 25.5 Å². The van der Waals surface area contributed by atoms with Crippen LogP contribution in [0.3, 0.4) is 0 Å². The van der Waals surface area contributed by atoms with Crippen LogP contribution < -0.4 is 5.32 Å². The average Bonchev–Trinajstić information content (AvgIpc) is 2.79. The third-order valence-electron chi connectivity index (χ3n) is 4.75. The molecule has 1 atom stereocenters. The summed E-state index contributed by atoms with van der Waals surface area (Å²) < 4.78 is 6.56. The highest BCUT2D eigenvalue weighted by molar-refractivity contribution is 5.95. The summed E-state index contributed by atoms with van der Waals surface area (Å²) in [4.78, 5) is 26.2. The molecule has 0 radical (unpaired) electrons. The van der Waals surface area contributed by atoms with Crippen LogP contribution in [0.1, 0.15) is 31.2 Å². The number of hydrogen-bond acceptors (Lipinski definition) is 5. The van der Waals surface area contributed by atoms with Gasteiger partial charge in [0, 0.05) is 7.05 Å². The zero-order valence-electron chi connectivity index (χ0n) is 14.5. The summed E-state index contributed by atoms with van der Waals surface area (Å²) in [6, 6.07) is -0.243. The second kappa shape index (κ2) is 7.12. The van der Waals surface area contributed by atoms with Crippen LogP contribution in [0.15, 0.2) is 0 Å². The second-order valence-electron chi connectivity index (χ2n) is 6.17. The highest BCUT2D eigenvalue weighted by Gasteiger charge is 2.30. The lowest BCUT2D eigenvalue weighted by Gasteiger charge is -2.34. The third-order valence-corrected chi connectivity index (χ3v) is 4.75. The van der Waals surface area contributed by atoms with Crippen LogP contribution >= 0.6 is 0 Å². The van der Waals surface area contributed by atoms with Gasteiger partial charge in [-0.1, -0.05) is 0 Å². The van der Waals surface area contributed by atoms with Crippen molar-refractivity contribution in [1.29, 1.82) is 0 Å². The molecule has 1 aliphatic heterocycles. The van der Waals surface area contributed by atoms with Gasteiger partial charge in [0.15, 0.2) is 0 Å². The standard InChI is InChI=1S/C16H26N4O3/c1-10-14(11(2)19(4)18-10)17-15(21)12(3)20-8-6-13(7-9-20)16(22)23-5/h12-13H,6-9H2,1-5H3,(H,17,21)/t12-/m1/s1. The molecular formula is C16H26N4O3. The molecule has 0 aliphatic carbocycles. The summed E-state index contributed by atoms with van der Waals surface area (Å²) in [5.41, 5.74) is 2.54. The number of aryl methyl sites for hydroxylation is 2. The van der Waals surface area contributed by atoms with E-state index < -0.39 is 0 Å². The number of nitrogens with one attached hydrogen (secondary N) is 1. The number of methoxy groups -OCH3 is 1. The maximum absolute atomic E-state index is 12.5. The zero-order valence-corrected chi connectivity index (χ0v) is 14.5. The van der Waals surface area contributed by atoms with Gasteiger partial charge in [-0.05, 0) is 46.7 Å². The monoisotopic (exact) mass is 322 g/mol. The minimum Gasteiger partial charge on any atom is -0.469 e. The number of hydrogen-bond donors (Lipinski definition) is 1. The van der Waals surface area contributed by atoms with Crippen LogP contribution in [-0.2, 0) is 21.4 Å². The predicted octanol–water partition coefficient (Wildman–Crippen LogP) is 1.25. The Morgan fingerprint density at radius 1 is 1.30 bits per heavy atom. The summed E-state index contributed by atoms with van der Waals surface area (Å²) in [7, 11) is 3.28. The van der Waals surface area contributed by atoms with Crippen molar-refractivity contribution in [3.63, 3.8) is 0 Å². The number of piperidine rings is 1. The quantitative estimate of drug-likeness (QED) is 0.844. The lowest BCUT2D eigenvalue weighted by atomic mass is 9.96. The van der Waals surface area contributed by atoms with E-state index in [1.807, 2.05) is 27.8 Å². The van der Waals surface area contributed by atoms with Gasteiger partial charge in [-0.2, -0.15) is 5.10 Å². The van der Waals surface area contributed by atoms with Crippen molar-refractivity contribution in [3.8, 4) is 0 Å². The molecule has 1 aromatic rings. The molecule has 0 saturated carbocycles. The van der Waals surface area contributed by atoms with Crippen molar-refractivity contribution in [2.45, 2.75) is 39.7 Å². The number of esters is 1. The number of ether oxygens (including phenoxy) is 1. The molecule has 1 saturated heterocycles. The van der Waals surface area contributed by atoms with Gasteiger partial charge in [-0.15, -0.1) is 0 Å². The molecular weight excluding hydrogens is 296 g/mol. The van der Waals surface area contributed by atoms with E-state index in [0.717, 1.165) is 43.0 Å². The van der Waals surface area contributed by atoms with Crippen LogP contribution in [0.2, 0.25) is 0 Å². The minimum atomic E-state index is -0.243. The molecule has 1 aliphatic rings. The number of carbonyl (C=O) groups excluding carboxylic acids is 2. The molecule has 0 bridgehead atoms. The molecule has 2 heterocycles. The summed E-state index contributed by atoms with van der Waals surface area (Å²) in [5, 5.41) is 7.30. The van der Waals surface area contributed by atoms with Gasteiger partial charge >= 0.3 is 5.97 Å². The minimum absolute atomic E-state index is 0.0410. The van der Waals surface area contributed by atoms with Crippen LogP contribution in [-0.4, -0.2) is 52.8 Å². The van der Waals surface area contributed by atoms with Crippen molar-refractivity contribution in [3.05, 3.63) is 11.4 Å². The highest BCUT2D eigenvalue weighted by Crippen LogP contribution is 2.22. The molecule has 7 nitrogen and oxygen atoms in total. The van der Waals surface area contributed by atoms with Crippen molar-refractivity contribution in [1.82, 2.24) is 14.7 Å². The normalized spacial score (nSPS) is 17.8. The molecule has 23 heavy (non-hydrogen) atoms. The average molecular weight is 322 g/mol. The second-order valence-corrected chi connectivity index (χ2v) is 6.17. The Labute approximate surface area is 137 Å². The summed E-state index contributed by atoms with van der Waals surface area (Å²) in [5.74, 6) is -0.238. The SMILES string of the molecule is COC(=O)C1CCN([C@H](C)C(=O)Nc2c(C)nn(C)c2C)CC1. The Balaban J connectivity index is 1.94. The number of carbonyl (C=O) groups is 2. The summed E-state index contributed by atoms with van der Waals surface area (Å²) in [6.45, 7) is 7.16. The molecule has 1 amide bonds. The maximum Gasteiger partial charge on any atom is 0.308 e. The maximum atomic E-state index is 12.5. The molecule has 2 rings (SSSR count). The molecule has 7 heteroatoms. The molecule has 128 valence electrons. The Morgan fingerprint density at radius 2 is 1.91 bits per heavy atom. The molecule has 0 aromatic carbocycles. The number of likely N-dealkylation sites (tertiary alicyclic amines) is 1. The van der Waals surface area contributed by atoms with E-state index >= 15 is 0 Å². The lowest BCUT2D eigenvalue weighted by molar-refractivity contribution is -0.147. The molecule has 1 aromatic heterocycles. The number of anilines is 1. The third kappa shape index (κ3) is 3.72. The Morgan fingerprint density at radius 3 is 2.39 bits per heavy atom. The van der Waals surface area contributed by atoms with Gasteiger partial charge in [0.2, 0.25) is 5.91 Å². The van der Waals surface area contributed by atoms with Gasteiger partial charge in [0.1, 0.15) is 0 Å². The fourth-order valence-electron chi connectivity index (χ4n) is 3.04. The predicted molar refractivity (Wildman–Crippen MR) is 87.1 cm³/mol. The first-order chi connectivity index (χ1) is 10.8. The fourth-order valence-corrected chi connectivity index (χ4v) is 3.04. The number of aromatic nitrogens is 2. The van der Waals surface area contributed by atoms with Crippen molar-refractivity contribution >= 4 is 17.6 Å². The van der Waals surface area contributed by atoms with E-state index in [1.54, 1.807) is 4.68 Å². The number of amides is 1. The fraction of sp³-hybridized carbons (Fsp3) is 0.688. The van der Waals surface area contributed by atoms with Crippen LogP contribution in [0.25, 0.3) is 0 Å². The summed E-state index contributed by atoms with van der Waals surface area (Å²) in [6.07, 6.45) is 1.46. The topological polar surface area (TPSA) is 76.5 Å².